The molecule has 0 spiro atoms. The highest BCUT2D eigenvalue weighted by Gasteiger charge is 2.40. The Hall–Kier alpha value is -1.90. The third kappa shape index (κ3) is 7.12. The highest BCUT2D eigenvalue weighted by molar-refractivity contribution is 7.10. The molecule has 1 rings (SSSR count). The molecule has 9 heteroatoms. The highest BCUT2D eigenvalue weighted by Crippen LogP contribution is 2.25. The fraction of sp³-hybridized carbons (Fsp3) is 0.533. The van der Waals surface area contributed by atoms with Gasteiger partial charge in [-0.2, -0.15) is 13.2 Å². The van der Waals surface area contributed by atoms with Crippen LogP contribution in [0.2, 0.25) is 0 Å². The number of ether oxygens (including phenoxy) is 1. The summed E-state index contributed by atoms with van der Waals surface area (Å²) in [5, 5.41) is 3.40. The maximum atomic E-state index is 12.4. The number of rotatable bonds is 6. The van der Waals surface area contributed by atoms with Crippen LogP contribution >= 0.6 is 11.3 Å². The lowest BCUT2D eigenvalue weighted by molar-refractivity contribution is -0.174. The molecule has 24 heavy (non-hydrogen) atoms. The fourth-order valence-electron chi connectivity index (χ4n) is 1.79. The number of amides is 1. The Balaban J connectivity index is 2.74. The standard InChI is InChI=1S/C15H18F3NO4S/c1-14(2,3)23-12(21)8-9(20)7-10(11-5-4-6-24-11)19-13(22)15(16,17)18/h4-6,10H,7-8H2,1-3H3,(H,19,22). The first-order valence-electron chi connectivity index (χ1n) is 7.03. The third-order valence-corrected chi connectivity index (χ3v) is 3.63. The number of hydrogen-bond donors (Lipinski definition) is 1. The number of ketones is 1. The molecule has 1 amide bonds. The first-order valence-corrected chi connectivity index (χ1v) is 7.91. The van der Waals surface area contributed by atoms with Gasteiger partial charge in [0.25, 0.3) is 0 Å². The average Bonchev–Trinajstić information content (AvgIpc) is 2.87. The van der Waals surface area contributed by atoms with E-state index >= 15 is 0 Å². The number of halogens is 3. The van der Waals surface area contributed by atoms with Gasteiger partial charge >= 0.3 is 18.1 Å². The molecule has 1 unspecified atom stereocenters. The number of Topliss-reactive ketones (excluding diaryl/α,β-unsaturated/α-hetero) is 1. The zero-order valence-corrected chi connectivity index (χ0v) is 14.2. The van der Waals surface area contributed by atoms with Crippen molar-refractivity contribution in [2.45, 2.75) is 51.4 Å². The van der Waals surface area contributed by atoms with Gasteiger partial charge in [-0.3, -0.25) is 14.4 Å². The molecule has 0 radical (unpaired) electrons. The number of hydrogen-bond acceptors (Lipinski definition) is 5. The summed E-state index contributed by atoms with van der Waals surface area (Å²) in [7, 11) is 0. The molecule has 0 aliphatic heterocycles. The van der Waals surface area contributed by atoms with Crippen molar-refractivity contribution in [3.05, 3.63) is 22.4 Å². The van der Waals surface area contributed by atoms with E-state index in [2.05, 4.69) is 0 Å². The minimum absolute atomic E-state index is 0.394. The van der Waals surface area contributed by atoms with E-state index in [9.17, 15) is 27.6 Å². The smallest absolute Gasteiger partial charge is 0.460 e. The molecule has 5 nitrogen and oxygen atoms in total. The van der Waals surface area contributed by atoms with Crippen molar-refractivity contribution in [2.75, 3.05) is 0 Å². The van der Waals surface area contributed by atoms with Gasteiger partial charge in [0, 0.05) is 11.3 Å². The Morgan fingerprint density at radius 3 is 2.33 bits per heavy atom. The van der Waals surface area contributed by atoms with Gasteiger partial charge in [0.15, 0.2) is 0 Å². The van der Waals surface area contributed by atoms with Gasteiger partial charge in [0.2, 0.25) is 0 Å². The molecule has 0 aliphatic rings. The molecule has 1 N–H and O–H groups in total. The second kappa shape index (κ2) is 7.78. The first kappa shape index (κ1) is 20.1. The number of thiophene rings is 1. The Bertz CT molecular complexity index is 591. The number of nitrogens with one attached hydrogen (secondary N) is 1. The van der Waals surface area contributed by atoms with Gasteiger partial charge < -0.3 is 10.1 Å². The Morgan fingerprint density at radius 2 is 1.88 bits per heavy atom. The van der Waals surface area contributed by atoms with Crippen LogP contribution in [0.4, 0.5) is 13.2 Å². The predicted molar refractivity (Wildman–Crippen MR) is 81.3 cm³/mol. The number of carbonyl (C=O) groups is 3. The molecular formula is C15H18F3NO4S. The van der Waals surface area contributed by atoms with Gasteiger partial charge in [-0.25, -0.2) is 0 Å². The van der Waals surface area contributed by atoms with E-state index in [0.29, 0.717) is 4.88 Å². The quantitative estimate of drug-likeness (QED) is 0.621. The molecule has 0 aromatic carbocycles. The maximum absolute atomic E-state index is 12.4. The van der Waals surface area contributed by atoms with Crippen LogP contribution in [0.5, 0.6) is 0 Å². The van der Waals surface area contributed by atoms with Gasteiger partial charge in [-0.05, 0) is 32.2 Å². The molecule has 0 saturated carbocycles. The van der Waals surface area contributed by atoms with E-state index in [-0.39, 0.29) is 0 Å². The molecule has 1 aromatic heterocycles. The molecule has 1 aromatic rings. The van der Waals surface area contributed by atoms with Crippen LogP contribution in [-0.2, 0) is 19.1 Å². The summed E-state index contributed by atoms with van der Waals surface area (Å²) < 4.78 is 42.2. The van der Waals surface area contributed by atoms with Crippen LogP contribution in [0, 0.1) is 0 Å². The van der Waals surface area contributed by atoms with Crippen molar-refractivity contribution < 1.29 is 32.3 Å². The van der Waals surface area contributed by atoms with Crippen molar-refractivity contribution in [1.29, 1.82) is 0 Å². The lowest BCUT2D eigenvalue weighted by Crippen LogP contribution is -2.39. The average molecular weight is 365 g/mol. The number of esters is 1. The van der Waals surface area contributed by atoms with E-state index in [0.717, 1.165) is 11.3 Å². The van der Waals surface area contributed by atoms with E-state index in [1.54, 1.807) is 37.5 Å². The van der Waals surface area contributed by atoms with Gasteiger partial charge in [0.1, 0.15) is 17.8 Å². The molecule has 1 atom stereocenters. The van der Waals surface area contributed by atoms with Crippen LogP contribution in [-0.4, -0.2) is 29.4 Å². The van der Waals surface area contributed by atoms with E-state index in [4.69, 9.17) is 4.74 Å². The van der Waals surface area contributed by atoms with Crippen LogP contribution in [0.15, 0.2) is 17.5 Å². The summed E-state index contributed by atoms with van der Waals surface area (Å²) in [6.45, 7) is 4.90. The van der Waals surface area contributed by atoms with Crippen molar-refractivity contribution in [3.63, 3.8) is 0 Å². The molecule has 0 aliphatic carbocycles. The summed E-state index contributed by atoms with van der Waals surface area (Å²) in [6, 6.07) is 1.95. The highest BCUT2D eigenvalue weighted by atomic mass is 32.1. The zero-order valence-electron chi connectivity index (χ0n) is 13.4. The molecule has 0 bridgehead atoms. The third-order valence-electron chi connectivity index (χ3n) is 2.64. The summed E-state index contributed by atoms with van der Waals surface area (Å²) in [4.78, 5) is 35.1. The second-order valence-electron chi connectivity index (χ2n) is 6.05. The Kier molecular flexibility index (Phi) is 6.53. The summed E-state index contributed by atoms with van der Waals surface area (Å²) >= 11 is 1.10. The van der Waals surface area contributed by atoms with Crippen molar-refractivity contribution in [3.8, 4) is 0 Å². The van der Waals surface area contributed by atoms with Crippen molar-refractivity contribution >= 4 is 29.0 Å². The molecule has 0 saturated heterocycles. The molecule has 0 fully saturated rings. The molecule has 1 heterocycles. The van der Waals surface area contributed by atoms with Crippen molar-refractivity contribution in [2.24, 2.45) is 0 Å². The van der Waals surface area contributed by atoms with Crippen LogP contribution in [0.25, 0.3) is 0 Å². The Labute approximate surface area is 141 Å². The first-order chi connectivity index (χ1) is 10.9. The van der Waals surface area contributed by atoms with Crippen LogP contribution < -0.4 is 5.32 Å². The van der Waals surface area contributed by atoms with E-state index in [1.807, 2.05) is 0 Å². The second-order valence-corrected chi connectivity index (χ2v) is 7.02. The minimum Gasteiger partial charge on any atom is -0.460 e. The fourth-order valence-corrected chi connectivity index (χ4v) is 2.57. The number of alkyl halides is 3. The molecule has 134 valence electrons. The van der Waals surface area contributed by atoms with Gasteiger partial charge in [0.05, 0.1) is 6.04 Å². The summed E-state index contributed by atoms with van der Waals surface area (Å²) in [5.41, 5.74) is -0.769. The summed E-state index contributed by atoms with van der Waals surface area (Å²) in [6.07, 6.45) is -6.05. The van der Waals surface area contributed by atoms with Gasteiger partial charge in [-0.1, -0.05) is 6.07 Å². The van der Waals surface area contributed by atoms with Crippen LogP contribution in [0.1, 0.15) is 44.5 Å². The number of carbonyl (C=O) groups excluding carboxylic acids is 3. The van der Waals surface area contributed by atoms with E-state index in [1.165, 1.54) is 6.07 Å². The van der Waals surface area contributed by atoms with Crippen molar-refractivity contribution in [1.82, 2.24) is 5.32 Å². The van der Waals surface area contributed by atoms with E-state index < -0.39 is 48.3 Å². The zero-order chi connectivity index (χ0) is 18.5. The topological polar surface area (TPSA) is 72.5 Å². The minimum atomic E-state index is -5.05. The lowest BCUT2D eigenvalue weighted by Gasteiger charge is -2.20. The summed E-state index contributed by atoms with van der Waals surface area (Å²) in [5.74, 6) is -3.52. The molecular weight excluding hydrogens is 347 g/mol. The SMILES string of the molecule is CC(C)(C)OC(=O)CC(=O)CC(NC(=O)C(F)(F)F)c1cccs1. The van der Waals surface area contributed by atoms with Crippen LogP contribution in [0.3, 0.4) is 0 Å². The predicted octanol–water partition coefficient (Wildman–Crippen LogP) is 3.16. The Morgan fingerprint density at radius 1 is 1.25 bits per heavy atom. The monoisotopic (exact) mass is 365 g/mol. The maximum Gasteiger partial charge on any atom is 0.471 e. The van der Waals surface area contributed by atoms with Gasteiger partial charge in [-0.15, -0.1) is 11.3 Å². The lowest BCUT2D eigenvalue weighted by atomic mass is 10.1. The normalized spacial score (nSPS) is 13.2. The largest absolute Gasteiger partial charge is 0.471 e.